The Morgan fingerprint density at radius 1 is 0.600 bits per heavy atom. The first-order valence-electron chi connectivity index (χ1n) is 24.5. The largest absolute Gasteiger partial charge is 0.397 e. The number of carbonyl (C=O) groups is 1. The van der Waals surface area contributed by atoms with Crippen molar-refractivity contribution in [3.8, 4) is 0 Å². The van der Waals surface area contributed by atoms with Crippen LogP contribution in [0.4, 0.5) is 0 Å². The Labute approximate surface area is 365 Å². The van der Waals surface area contributed by atoms with Crippen LogP contribution in [0.15, 0.2) is 0 Å². The summed E-state index contributed by atoms with van der Waals surface area (Å²) in [7, 11) is -5.11. The van der Waals surface area contributed by atoms with Crippen molar-refractivity contribution in [3.63, 3.8) is 0 Å². The van der Waals surface area contributed by atoms with Crippen molar-refractivity contribution in [3.05, 3.63) is 0 Å². The molecule has 13 nitrogen and oxygen atoms in total. The van der Waals surface area contributed by atoms with Gasteiger partial charge in [0.1, 0.15) is 30.5 Å². The average Bonchev–Trinajstić information content (AvgIpc) is 3.22. The Hall–Kier alpha value is -0.940. The SMILES string of the molecule is CCCCCCCCCCCCCCCCCCCC(O)C(COC1OC(CO)C(O)C(OS(=O)(=O)O)C1O)NC(=O)C(O)CCCCCCCCCCCCCCCC. The molecule has 60 heavy (non-hydrogen) atoms. The van der Waals surface area contributed by atoms with Gasteiger partial charge >= 0.3 is 10.4 Å². The fourth-order valence-corrected chi connectivity index (χ4v) is 8.62. The Kier molecular flexibility index (Phi) is 35.6. The van der Waals surface area contributed by atoms with Gasteiger partial charge in [0.25, 0.3) is 0 Å². The Morgan fingerprint density at radius 2 is 0.967 bits per heavy atom. The topological polar surface area (TPSA) is 212 Å². The van der Waals surface area contributed by atoms with Gasteiger partial charge in [0.15, 0.2) is 6.29 Å². The van der Waals surface area contributed by atoms with Crippen LogP contribution in [0.1, 0.15) is 226 Å². The Morgan fingerprint density at radius 3 is 1.33 bits per heavy atom. The zero-order chi connectivity index (χ0) is 44.3. The summed E-state index contributed by atoms with van der Waals surface area (Å²) in [6.07, 6.45) is 27.1. The van der Waals surface area contributed by atoms with Crippen LogP contribution in [-0.4, -0.2) is 107 Å². The molecule has 0 saturated carbocycles. The molecule has 1 aliphatic rings. The molecule has 1 heterocycles. The molecule has 14 heteroatoms. The van der Waals surface area contributed by atoms with Crippen molar-refractivity contribution in [2.75, 3.05) is 13.2 Å². The van der Waals surface area contributed by atoms with Crippen molar-refractivity contribution in [1.82, 2.24) is 5.32 Å². The fourth-order valence-electron chi connectivity index (χ4n) is 8.11. The van der Waals surface area contributed by atoms with Crippen LogP contribution in [0.25, 0.3) is 0 Å². The Bertz CT molecular complexity index is 1100. The minimum Gasteiger partial charge on any atom is -0.394 e. The van der Waals surface area contributed by atoms with Crippen LogP contribution >= 0.6 is 0 Å². The first kappa shape index (κ1) is 57.1. The maximum Gasteiger partial charge on any atom is 0.397 e. The van der Waals surface area contributed by atoms with E-state index in [9.17, 15) is 43.3 Å². The number of hydrogen-bond acceptors (Lipinski definition) is 11. The number of ether oxygens (including phenoxy) is 2. The maximum absolute atomic E-state index is 13.1. The van der Waals surface area contributed by atoms with E-state index >= 15 is 0 Å². The second kappa shape index (κ2) is 37.4. The molecule has 7 N–H and O–H groups in total. The first-order valence-corrected chi connectivity index (χ1v) is 25.9. The van der Waals surface area contributed by atoms with Gasteiger partial charge in [-0.15, -0.1) is 0 Å². The molecule has 358 valence electrons. The summed E-state index contributed by atoms with van der Waals surface area (Å²) >= 11 is 0. The lowest BCUT2D eigenvalue weighted by atomic mass is 9.99. The van der Waals surface area contributed by atoms with Crippen molar-refractivity contribution in [2.24, 2.45) is 0 Å². The summed E-state index contributed by atoms with van der Waals surface area (Å²) < 4.78 is 47.6. The van der Waals surface area contributed by atoms with E-state index in [0.29, 0.717) is 19.3 Å². The van der Waals surface area contributed by atoms with Gasteiger partial charge in [-0.05, 0) is 12.8 Å². The molecule has 0 bridgehead atoms. The molecule has 8 unspecified atom stereocenters. The molecule has 1 saturated heterocycles. The number of nitrogens with one attached hydrogen (secondary N) is 1. The average molecular weight is 882 g/mol. The van der Waals surface area contributed by atoms with Crippen molar-refractivity contribution in [2.45, 2.75) is 275 Å². The fraction of sp³-hybridized carbons (Fsp3) is 0.978. The van der Waals surface area contributed by atoms with Gasteiger partial charge < -0.3 is 40.3 Å². The Balaban J connectivity index is 2.52. The third-order valence-electron chi connectivity index (χ3n) is 12.0. The minimum absolute atomic E-state index is 0.266. The molecule has 0 aromatic carbocycles. The number of amides is 1. The van der Waals surface area contributed by atoms with Crippen molar-refractivity contribution in [1.29, 1.82) is 0 Å². The summed E-state index contributed by atoms with van der Waals surface area (Å²) in [5.74, 6) is -0.666. The molecular weight excluding hydrogens is 791 g/mol. The maximum atomic E-state index is 13.1. The summed E-state index contributed by atoms with van der Waals surface area (Å²) in [5.41, 5.74) is 0. The van der Waals surface area contributed by atoms with Gasteiger partial charge in [-0.3, -0.25) is 9.35 Å². The van der Waals surface area contributed by atoms with Gasteiger partial charge in [0.2, 0.25) is 5.91 Å². The number of unbranched alkanes of at least 4 members (excludes halogenated alkanes) is 29. The van der Waals surface area contributed by atoms with Gasteiger partial charge in [0.05, 0.1) is 25.4 Å². The first-order chi connectivity index (χ1) is 28.9. The normalized spacial score (nSPS) is 21.2. The predicted molar refractivity (Wildman–Crippen MR) is 238 cm³/mol. The lowest BCUT2D eigenvalue weighted by Crippen LogP contribution is -2.61. The molecule has 1 aliphatic heterocycles. The molecule has 8 atom stereocenters. The van der Waals surface area contributed by atoms with E-state index in [1.54, 1.807) is 0 Å². The highest BCUT2D eigenvalue weighted by Gasteiger charge is 2.48. The van der Waals surface area contributed by atoms with Crippen LogP contribution in [-0.2, 0) is 28.9 Å². The highest BCUT2D eigenvalue weighted by atomic mass is 32.3. The molecule has 0 spiro atoms. The van der Waals surface area contributed by atoms with Crippen LogP contribution in [0.2, 0.25) is 0 Å². The zero-order valence-electron chi connectivity index (χ0n) is 37.9. The number of aliphatic hydroxyl groups excluding tert-OH is 5. The van der Waals surface area contributed by atoms with E-state index in [1.165, 1.54) is 148 Å². The van der Waals surface area contributed by atoms with E-state index < -0.39 is 78.5 Å². The highest BCUT2D eigenvalue weighted by Crippen LogP contribution is 2.26. The monoisotopic (exact) mass is 882 g/mol. The quantitative estimate of drug-likeness (QED) is 0.0227. The van der Waals surface area contributed by atoms with Crippen LogP contribution in [0.5, 0.6) is 0 Å². The molecule has 0 aromatic heterocycles. The number of aliphatic hydroxyl groups is 5. The third kappa shape index (κ3) is 29.4. The summed E-state index contributed by atoms with van der Waals surface area (Å²) in [6.45, 7) is 3.30. The van der Waals surface area contributed by atoms with E-state index in [2.05, 4.69) is 23.3 Å². The van der Waals surface area contributed by atoms with E-state index in [-0.39, 0.29) is 6.42 Å². The van der Waals surface area contributed by atoms with E-state index in [4.69, 9.17) is 9.47 Å². The van der Waals surface area contributed by atoms with Gasteiger partial charge in [-0.2, -0.15) is 8.42 Å². The number of hydrogen-bond donors (Lipinski definition) is 7. The van der Waals surface area contributed by atoms with Gasteiger partial charge in [-0.1, -0.05) is 213 Å². The minimum atomic E-state index is -5.11. The summed E-state index contributed by atoms with van der Waals surface area (Å²) in [5, 5.41) is 55.4. The van der Waals surface area contributed by atoms with Gasteiger partial charge in [0, 0.05) is 0 Å². The van der Waals surface area contributed by atoms with Crippen molar-refractivity contribution >= 4 is 16.3 Å². The zero-order valence-corrected chi connectivity index (χ0v) is 38.7. The van der Waals surface area contributed by atoms with Crippen LogP contribution in [0, 0.1) is 0 Å². The molecule has 0 aliphatic carbocycles. The number of rotatable bonds is 42. The van der Waals surface area contributed by atoms with Crippen LogP contribution in [0.3, 0.4) is 0 Å². The second-order valence-electron chi connectivity index (χ2n) is 17.6. The molecule has 0 radical (unpaired) electrons. The van der Waals surface area contributed by atoms with E-state index in [1.807, 2.05) is 0 Å². The van der Waals surface area contributed by atoms with Gasteiger partial charge in [-0.25, -0.2) is 4.18 Å². The summed E-state index contributed by atoms with van der Waals surface area (Å²) in [6, 6.07) is -1.03. The standard InChI is InChI=1S/C46H91NO12S/c1-3-5-7-9-11-13-15-17-19-20-21-23-24-26-28-30-32-34-39(49)38(37-57-46-43(52)44(59-60(54,55)56)42(51)41(36-48)58-46)47-45(53)40(50)35-33-31-29-27-25-22-18-16-14-12-10-8-6-4-2/h38-44,46,48-52H,3-37H2,1-2H3,(H,47,53)(H,54,55,56). The smallest absolute Gasteiger partial charge is 0.394 e. The summed E-state index contributed by atoms with van der Waals surface area (Å²) in [4.78, 5) is 13.1. The van der Waals surface area contributed by atoms with Crippen molar-refractivity contribution < 1.29 is 57.0 Å². The molecule has 1 amide bonds. The number of carbonyl (C=O) groups excluding carboxylic acids is 1. The van der Waals surface area contributed by atoms with Crippen LogP contribution < -0.4 is 5.32 Å². The predicted octanol–water partition coefficient (Wildman–Crippen LogP) is 8.75. The molecule has 1 rings (SSSR count). The highest BCUT2D eigenvalue weighted by molar-refractivity contribution is 7.80. The third-order valence-corrected chi connectivity index (χ3v) is 12.5. The lowest BCUT2D eigenvalue weighted by molar-refractivity contribution is -0.298. The molecule has 1 fully saturated rings. The second-order valence-corrected chi connectivity index (χ2v) is 18.6. The lowest BCUT2D eigenvalue weighted by Gasteiger charge is -2.41. The van der Waals surface area contributed by atoms with E-state index in [0.717, 1.165) is 38.5 Å². The molecular formula is C46H91NO12S. The molecule has 0 aromatic rings.